The maximum Gasteiger partial charge on any atom is 0.261 e. The van der Waals surface area contributed by atoms with Crippen molar-refractivity contribution in [2.45, 2.75) is 155 Å². The smallest absolute Gasteiger partial charge is 0.261 e. The Bertz CT molecular complexity index is 1370. The van der Waals surface area contributed by atoms with Gasteiger partial charge in [-0.05, 0) is 107 Å². The highest BCUT2D eigenvalue weighted by molar-refractivity contribution is 6.99. The van der Waals surface area contributed by atoms with Crippen molar-refractivity contribution in [2.75, 3.05) is 13.2 Å². The minimum absolute atomic E-state index is 0.0379. The van der Waals surface area contributed by atoms with Crippen molar-refractivity contribution in [3.63, 3.8) is 0 Å². The van der Waals surface area contributed by atoms with E-state index in [1.54, 1.807) is 0 Å². The van der Waals surface area contributed by atoms with E-state index in [1.807, 2.05) is 13.8 Å². The molecule has 278 valence electrons. The quantitative estimate of drug-likeness (QED) is 0.121. The van der Waals surface area contributed by atoms with Crippen molar-refractivity contribution in [2.24, 2.45) is 0 Å². The van der Waals surface area contributed by atoms with Crippen LogP contribution < -0.4 is 10.4 Å². The summed E-state index contributed by atoms with van der Waals surface area (Å²) in [7, 11) is -4.25. The van der Waals surface area contributed by atoms with Gasteiger partial charge < -0.3 is 18.3 Å². The Morgan fingerprint density at radius 1 is 0.720 bits per heavy atom. The molecule has 1 heterocycles. The van der Waals surface area contributed by atoms with Gasteiger partial charge in [0.2, 0.25) is 0 Å². The molecular weight excluding hydrogens is 649 g/mol. The molecule has 0 spiro atoms. The molecule has 1 aliphatic heterocycles. The van der Waals surface area contributed by atoms with E-state index < -0.39 is 22.4 Å². The van der Waals surface area contributed by atoms with Crippen LogP contribution in [-0.2, 0) is 18.3 Å². The molecule has 0 bridgehead atoms. The highest BCUT2D eigenvalue weighted by Crippen LogP contribution is 2.42. The maximum absolute atomic E-state index is 7.12. The third-order valence-corrected chi connectivity index (χ3v) is 20.4. The van der Waals surface area contributed by atoms with E-state index in [2.05, 4.69) is 160 Å². The summed E-state index contributed by atoms with van der Waals surface area (Å²) in [6.45, 7) is 30.6. The molecule has 0 amide bonds. The second-order valence-electron chi connectivity index (χ2n) is 17.7. The first-order chi connectivity index (χ1) is 23.2. The van der Waals surface area contributed by atoms with Crippen molar-refractivity contribution >= 4 is 27.0 Å². The molecule has 2 aromatic rings. The lowest BCUT2D eigenvalue weighted by atomic mass is 9.89. The fourth-order valence-corrected chi connectivity index (χ4v) is 12.3. The normalized spacial score (nSPS) is 20.9. The van der Waals surface area contributed by atoms with Crippen LogP contribution in [-0.4, -0.2) is 47.3 Å². The van der Waals surface area contributed by atoms with Gasteiger partial charge in [0.15, 0.2) is 14.1 Å². The molecule has 1 saturated heterocycles. The predicted octanol–water partition coefficient (Wildman–Crippen LogP) is 11.3. The van der Waals surface area contributed by atoms with Gasteiger partial charge in [-0.25, -0.2) is 0 Å². The van der Waals surface area contributed by atoms with E-state index >= 15 is 0 Å². The van der Waals surface area contributed by atoms with Crippen LogP contribution in [0.2, 0.25) is 23.2 Å². The lowest BCUT2D eigenvalue weighted by Crippen LogP contribution is -2.66. The number of rotatable bonds is 17. The minimum atomic E-state index is -2.56. The Balaban J connectivity index is 1.58. The number of allylic oxidation sites excluding steroid dienone is 4. The molecule has 3 rings (SSSR count). The van der Waals surface area contributed by atoms with Gasteiger partial charge in [-0.3, -0.25) is 0 Å². The summed E-state index contributed by atoms with van der Waals surface area (Å²) in [6, 6.07) is 21.8. The molecule has 0 radical (unpaired) electrons. The maximum atomic E-state index is 7.12. The predicted molar refractivity (Wildman–Crippen MR) is 220 cm³/mol. The second-order valence-corrected chi connectivity index (χ2v) is 26.8. The lowest BCUT2D eigenvalue weighted by molar-refractivity contribution is -0.161. The zero-order valence-corrected chi connectivity index (χ0v) is 36.0. The first-order valence-electron chi connectivity index (χ1n) is 19.0. The fraction of sp³-hybridized carbons (Fsp3) is 0.591. The van der Waals surface area contributed by atoms with Gasteiger partial charge in [0, 0.05) is 0 Å². The highest BCUT2D eigenvalue weighted by Gasteiger charge is 2.50. The molecule has 2 atom stereocenters. The molecule has 1 fully saturated rings. The molecule has 2 aromatic carbocycles. The Hall–Kier alpha value is -2.07. The number of benzene rings is 2. The molecule has 50 heavy (non-hydrogen) atoms. The van der Waals surface area contributed by atoms with E-state index in [-0.39, 0.29) is 21.8 Å². The van der Waals surface area contributed by atoms with Crippen LogP contribution in [0.1, 0.15) is 115 Å². The van der Waals surface area contributed by atoms with E-state index in [1.165, 1.54) is 21.5 Å². The second kappa shape index (κ2) is 17.6. The Morgan fingerprint density at radius 2 is 1.28 bits per heavy atom. The van der Waals surface area contributed by atoms with Gasteiger partial charge in [0.05, 0.1) is 24.9 Å². The summed E-state index contributed by atoms with van der Waals surface area (Å²) in [5.74, 6) is -0.584. The van der Waals surface area contributed by atoms with Gasteiger partial charge in [-0.2, -0.15) is 0 Å². The Morgan fingerprint density at radius 3 is 1.82 bits per heavy atom. The van der Waals surface area contributed by atoms with Crippen LogP contribution in [0.4, 0.5) is 0 Å². The molecule has 0 N–H and O–H groups in total. The van der Waals surface area contributed by atoms with Gasteiger partial charge in [0.25, 0.3) is 8.32 Å². The monoisotopic (exact) mass is 718 g/mol. The van der Waals surface area contributed by atoms with E-state index in [0.29, 0.717) is 13.2 Å². The lowest BCUT2D eigenvalue weighted by Gasteiger charge is -2.42. The average molecular weight is 719 g/mol. The molecule has 6 heteroatoms. The van der Waals surface area contributed by atoms with Crippen molar-refractivity contribution < 1.29 is 18.3 Å². The van der Waals surface area contributed by atoms with E-state index in [4.69, 9.17) is 18.3 Å². The summed E-state index contributed by atoms with van der Waals surface area (Å²) in [4.78, 5) is 0. The molecule has 0 aliphatic carbocycles. The summed E-state index contributed by atoms with van der Waals surface area (Å²) in [6.07, 6.45) is 15.1. The molecule has 0 aromatic heterocycles. The number of ether oxygens (including phenoxy) is 2. The van der Waals surface area contributed by atoms with Gasteiger partial charge in [-0.15, -0.1) is 0 Å². The summed E-state index contributed by atoms with van der Waals surface area (Å²) >= 11 is 0. The van der Waals surface area contributed by atoms with Crippen LogP contribution in [0, 0.1) is 0 Å². The third kappa shape index (κ3) is 11.5. The topological polar surface area (TPSA) is 36.9 Å². The van der Waals surface area contributed by atoms with E-state index in [0.717, 1.165) is 38.5 Å². The Labute approximate surface area is 309 Å². The number of hydrogen-bond donors (Lipinski definition) is 0. The van der Waals surface area contributed by atoms with Gasteiger partial charge in [0.1, 0.15) is 0 Å². The van der Waals surface area contributed by atoms with Crippen molar-refractivity contribution in [1.29, 1.82) is 0 Å². The minimum Gasteiger partial charge on any atom is -0.413 e. The van der Waals surface area contributed by atoms with Crippen molar-refractivity contribution in [1.82, 2.24) is 0 Å². The summed E-state index contributed by atoms with van der Waals surface area (Å²) in [5.41, 5.74) is 2.43. The molecule has 0 unspecified atom stereocenters. The number of hydrogen-bond acceptors (Lipinski definition) is 4. The standard InChI is InChI=1S/C44H70O4Si2/c1-36(24-17-16-22-34-45-49(12,13)41(3,4)5)25-23-33-44(11)40(47-43(9,10)48-44)31-30-37(2)32-35-46-50(42(6,7)8,38-26-18-14-19-27-38)39-28-20-15-21-29-39/h14-16,18-22,25-29,32,40H,17,23-24,30-31,33-35H2,1-13H3/b22-16+,36-25+,37-32+/t40-,44+/m1/s1. The molecule has 1 aliphatic rings. The van der Waals surface area contributed by atoms with Crippen LogP contribution in [0.25, 0.3) is 0 Å². The largest absolute Gasteiger partial charge is 0.413 e. The van der Waals surface area contributed by atoms with Crippen molar-refractivity contribution in [3.8, 4) is 0 Å². The average Bonchev–Trinajstić information content (AvgIpc) is 3.26. The van der Waals surface area contributed by atoms with Gasteiger partial charge >= 0.3 is 0 Å². The Kier molecular flexibility index (Phi) is 14.9. The third-order valence-electron chi connectivity index (χ3n) is 10.9. The highest BCUT2D eigenvalue weighted by atomic mass is 28.4. The van der Waals surface area contributed by atoms with Crippen LogP contribution in [0.5, 0.6) is 0 Å². The van der Waals surface area contributed by atoms with Crippen LogP contribution in [0.3, 0.4) is 0 Å². The zero-order chi connectivity index (χ0) is 37.3. The first kappa shape index (κ1) is 42.3. The first-order valence-corrected chi connectivity index (χ1v) is 23.8. The van der Waals surface area contributed by atoms with Crippen LogP contribution >= 0.6 is 0 Å². The fourth-order valence-electron chi connectivity index (χ4n) is 6.90. The van der Waals surface area contributed by atoms with Gasteiger partial charge in [-0.1, -0.05) is 138 Å². The van der Waals surface area contributed by atoms with Crippen molar-refractivity contribution in [3.05, 3.63) is 96.1 Å². The van der Waals surface area contributed by atoms with Crippen LogP contribution in [0.15, 0.2) is 96.1 Å². The summed E-state index contributed by atoms with van der Waals surface area (Å²) < 4.78 is 26.5. The zero-order valence-electron chi connectivity index (χ0n) is 34.0. The molecular formula is C44H70O4Si2. The molecule has 4 nitrogen and oxygen atoms in total. The SMILES string of the molecule is C/C(=C\CC[C@]1(C)OC(C)(C)O[C@@H]1CC/C(C)=C/CO[Si](c1ccccc1)(c1ccccc1)C(C)(C)C)CC/C=C/CO[Si](C)(C)C(C)(C)C. The van der Waals surface area contributed by atoms with E-state index in [9.17, 15) is 0 Å². The molecule has 0 saturated carbocycles. The summed E-state index contributed by atoms with van der Waals surface area (Å²) in [5, 5.41) is 2.83.